The Bertz CT molecular complexity index is 355. The number of hydrogen-bond acceptors (Lipinski definition) is 3. The Kier molecular flexibility index (Phi) is 5.75. The number of benzene rings is 1. The zero-order valence-electron chi connectivity index (χ0n) is 10.5. The molecule has 0 aliphatic rings. The molecule has 0 spiro atoms. The second-order valence-electron chi connectivity index (χ2n) is 4.38. The van der Waals surface area contributed by atoms with Gasteiger partial charge in [-0.1, -0.05) is 31.5 Å². The van der Waals surface area contributed by atoms with E-state index in [0.717, 1.165) is 5.56 Å². The molecule has 17 heavy (non-hydrogen) atoms. The Labute approximate surface area is 108 Å². The molecule has 1 rings (SSSR count). The molecule has 0 aliphatic heterocycles. The first-order chi connectivity index (χ1) is 8.08. The fraction of sp³-hybridized carbons (Fsp3) is 0.538. The maximum Gasteiger partial charge on any atom is 0.137 e. The van der Waals surface area contributed by atoms with Crippen molar-refractivity contribution in [2.45, 2.75) is 26.4 Å². The summed E-state index contributed by atoms with van der Waals surface area (Å²) in [5.41, 5.74) is 1.08. The maximum absolute atomic E-state index is 9.20. The SMILES string of the molecule is COc1ccc(CNC(CO)C(C)C)cc1Cl. The molecule has 1 aromatic rings. The van der Waals surface area contributed by atoms with Crippen LogP contribution in [0.3, 0.4) is 0 Å². The van der Waals surface area contributed by atoms with Crippen molar-refractivity contribution in [3.63, 3.8) is 0 Å². The van der Waals surface area contributed by atoms with E-state index < -0.39 is 0 Å². The van der Waals surface area contributed by atoms with Gasteiger partial charge in [-0.2, -0.15) is 0 Å². The van der Waals surface area contributed by atoms with E-state index in [0.29, 0.717) is 23.2 Å². The van der Waals surface area contributed by atoms with Crippen LogP contribution < -0.4 is 10.1 Å². The molecule has 96 valence electrons. The number of aliphatic hydroxyl groups excluding tert-OH is 1. The molecule has 0 bridgehead atoms. The Hall–Kier alpha value is -0.770. The molecule has 0 heterocycles. The zero-order chi connectivity index (χ0) is 12.8. The maximum atomic E-state index is 9.20. The molecular weight excluding hydrogens is 238 g/mol. The minimum absolute atomic E-state index is 0.107. The van der Waals surface area contributed by atoms with Gasteiger partial charge in [0.15, 0.2) is 0 Å². The summed E-state index contributed by atoms with van der Waals surface area (Å²) in [4.78, 5) is 0. The van der Waals surface area contributed by atoms with Gasteiger partial charge in [0.05, 0.1) is 18.7 Å². The van der Waals surface area contributed by atoms with Crippen LogP contribution in [-0.4, -0.2) is 24.9 Å². The average molecular weight is 258 g/mol. The average Bonchev–Trinajstić information content (AvgIpc) is 2.29. The van der Waals surface area contributed by atoms with E-state index in [1.165, 1.54) is 0 Å². The number of nitrogens with one attached hydrogen (secondary N) is 1. The van der Waals surface area contributed by atoms with Gasteiger partial charge in [0.2, 0.25) is 0 Å². The van der Waals surface area contributed by atoms with E-state index in [1.54, 1.807) is 7.11 Å². The monoisotopic (exact) mass is 257 g/mol. The van der Waals surface area contributed by atoms with Crippen molar-refractivity contribution in [1.29, 1.82) is 0 Å². The third-order valence-electron chi connectivity index (χ3n) is 2.79. The van der Waals surface area contributed by atoms with Gasteiger partial charge in [0.25, 0.3) is 0 Å². The number of methoxy groups -OCH3 is 1. The zero-order valence-corrected chi connectivity index (χ0v) is 11.3. The minimum atomic E-state index is 0.107. The van der Waals surface area contributed by atoms with Crippen LogP contribution in [0.1, 0.15) is 19.4 Å². The third-order valence-corrected chi connectivity index (χ3v) is 3.08. The fourth-order valence-electron chi connectivity index (χ4n) is 1.58. The van der Waals surface area contributed by atoms with Crippen molar-refractivity contribution in [2.24, 2.45) is 5.92 Å². The van der Waals surface area contributed by atoms with Crippen LogP contribution in [-0.2, 0) is 6.54 Å². The van der Waals surface area contributed by atoms with Crippen molar-refractivity contribution in [3.8, 4) is 5.75 Å². The summed E-state index contributed by atoms with van der Waals surface area (Å²) in [6, 6.07) is 5.80. The number of hydrogen-bond donors (Lipinski definition) is 2. The highest BCUT2D eigenvalue weighted by Gasteiger charge is 2.11. The van der Waals surface area contributed by atoms with Gasteiger partial charge in [0.1, 0.15) is 5.75 Å². The van der Waals surface area contributed by atoms with Crippen LogP contribution in [0.2, 0.25) is 5.02 Å². The molecule has 0 fully saturated rings. The largest absolute Gasteiger partial charge is 0.495 e. The fourth-order valence-corrected chi connectivity index (χ4v) is 1.86. The van der Waals surface area contributed by atoms with E-state index >= 15 is 0 Å². The van der Waals surface area contributed by atoms with Crippen molar-refractivity contribution in [2.75, 3.05) is 13.7 Å². The second-order valence-corrected chi connectivity index (χ2v) is 4.79. The normalized spacial score (nSPS) is 12.8. The number of ether oxygens (including phenoxy) is 1. The quantitative estimate of drug-likeness (QED) is 0.823. The lowest BCUT2D eigenvalue weighted by atomic mass is 10.1. The molecule has 1 unspecified atom stereocenters. The van der Waals surface area contributed by atoms with Crippen LogP contribution >= 0.6 is 11.6 Å². The Morgan fingerprint density at radius 1 is 1.41 bits per heavy atom. The summed E-state index contributed by atoms with van der Waals surface area (Å²) in [6.07, 6.45) is 0. The lowest BCUT2D eigenvalue weighted by Crippen LogP contribution is -2.36. The van der Waals surface area contributed by atoms with E-state index in [2.05, 4.69) is 19.2 Å². The molecule has 0 amide bonds. The van der Waals surface area contributed by atoms with Gasteiger partial charge >= 0.3 is 0 Å². The molecule has 2 N–H and O–H groups in total. The van der Waals surface area contributed by atoms with E-state index in [-0.39, 0.29) is 12.6 Å². The molecule has 4 heteroatoms. The van der Waals surface area contributed by atoms with Gasteiger partial charge in [-0.3, -0.25) is 0 Å². The molecule has 0 saturated carbocycles. The topological polar surface area (TPSA) is 41.5 Å². The van der Waals surface area contributed by atoms with Crippen molar-refractivity contribution in [1.82, 2.24) is 5.32 Å². The van der Waals surface area contributed by atoms with Gasteiger partial charge in [-0.15, -0.1) is 0 Å². The van der Waals surface area contributed by atoms with Crippen molar-refractivity contribution < 1.29 is 9.84 Å². The van der Waals surface area contributed by atoms with Gasteiger partial charge in [-0.25, -0.2) is 0 Å². The first kappa shape index (κ1) is 14.3. The lowest BCUT2D eigenvalue weighted by molar-refractivity contribution is 0.210. The number of halogens is 1. The van der Waals surface area contributed by atoms with Crippen LogP contribution in [0, 0.1) is 5.92 Å². The highest BCUT2D eigenvalue weighted by Crippen LogP contribution is 2.24. The molecule has 1 aromatic carbocycles. The van der Waals surface area contributed by atoms with Gasteiger partial charge < -0.3 is 15.2 Å². The minimum Gasteiger partial charge on any atom is -0.495 e. The molecule has 1 atom stereocenters. The Morgan fingerprint density at radius 2 is 2.12 bits per heavy atom. The summed E-state index contributed by atoms with van der Waals surface area (Å²) < 4.78 is 5.09. The van der Waals surface area contributed by atoms with Crippen molar-refractivity contribution in [3.05, 3.63) is 28.8 Å². The van der Waals surface area contributed by atoms with E-state index in [4.69, 9.17) is 16.3 Å². The van der Waals surface area contributed by atoms with Crippen LogP contribution in [0.25, 0.3) is 0 Å². The summed E-state index contributed by atoms with van der Waals surface area (Å²) >= 11 is 6.04. The second kappa shape index (κ2) is 6.84. The molecule has 0 aliphatic carbocycles. The van der Waals surface area contributed by atoms with Gasteiger partial charge in [0, 0.05) is 12.6 Å². The summed E-state index contributed by atoms with van der Waals surface area (Å²) in [6.45, 7) is 4.98. The third kappa shape index (κ3) is 4.19. The summed E-state index contributed by atoms with van der Waals surface area (Å²) in [7, 11) is 1.60. The molecular formula is C13H20ClNO2. The first-order valence-electron chi connectivity index (χ1n) is 5.75. The summed E-state index contributed by atoms with van der Waals surface area (Å²) in [5.74, 6) is 1.08. The Morgan fingerprint density at radius 3 is 2.59 bits per heavy atom. The number of aliphatic hydroxyl groups is 1. The molecule has 0 radical (unpaired) electrons. The lowest BCUT2D eigenvalue weighted by Gasteiger charge is -2.20. The summed E-state index contributed by atoms with van der Waals surface area (Å²) in [5, 5.41) is 13.1. The predicted octanol–water partition coefficient (Wildman–Crippen LogP) is 2.46. The Balaban J connectivity index is 2.60. The molecule has 3 nitrogen and oxygen atoms in total. The number of rotatable bonds is 6. The highest BCUT2D eigenvalue weighted by molar-refractivity contribution is 6.32. The van der Waals surface area contributed by atoms with Crippen LogP contribution in [0.5, 0.6) is 5.75 Å². The smallest absolute Gasteiger partial charge is 0.137 e. The molecule has 0 aromatic heterocycles. The van der Waals surface area contributed by atoms with Crippen molar-refractivity contribution >= 4 is 11.6 Å². The predicted molar refractivity (Wildman–Crippen MR) is 70.6 cm³/mol. The molecule has 0 saturated heterocycles. The first-order valence-corrected chi connectivity index (χ1v) is 6.13. The van der Waals surface area contributed by atoms with Gasteiger partial charge in [-0.05, 0) is 23.6 Å². The van der Waals surface area contributed by atoms with Crippen LogP contribution in [0.4, 0.5) is 0 Å². The standard InChI is InChI=1S/C13H20ClNO2/c1-9(2)12(8-16)15-7-10-4-5-13(17-3)11(14)6-10/h4-6,9,12,15-16H,7-8H2,1-3H3. The highest BCUT2D eigenvalue weighted by atomic mass is 35.5. The van der Waals surface area contributed by atoms with Crippen LogP contribution in [0.15, 0.2) is 18.2 Å². The van der Waals surface area contributed by atoms with E-state index in [1.807, 2.05) is 18.2 Å². The van der Waals surface area contributed by atoms with E-state index in [9.17, 15) is 5.11 Å².